The van der Waals surface area contributed by atoms with E-state index in [1.165, 1.54) is 7.11 Å². The van der Waals surface area contributed by atoms with Crippen molar-refractivity contribution in [1.82, 2.24) is 19.6 Å². The standard InChI is InChI=1S/C17H18BrN5O2/c1-11(17(24)25-2)6-13-7-15(20-9-12-4-3-5-19-8-12)23-16(22-13)14(18)10-21-23/h3-5,7-8,10-11,20H,6,9H2,1-2H3/t11-/m0/s1. The lowest BCUT2D eigenvalue weighted by atomic mass is 10.1. The third kappa shape index (κ3) is 3.96. The lowest BCUT2D eigenvalue weighted by Crippen LogP contribution is -2.16. The van der Waals surface area contributed by atoms with Gasteiger partial charge < -0.3 is 10.1 Å². The van der Waals surface area contributed by atoms with E-state index in [1.807, 2.05) is 31.3 Å². The number of fused-ring (bicyclic) bond motifs is 1. The molecule has 0 bridgehead atoms. The van der Waals surface area contributed by atoms with Crippen LogP contribution in [0.15, 0.2) is 41.3 Å². The molecule has 0 aliphatic carbocycles. The third-order valence-electron chi connectivity index (χ3n) is 3.80. The molecule has 0 saturated carbocycles. The van der Waals surface area contributed by atoms with Crippen molar-refractivity contribution >= 4 is 33.4 Å². The maximum absolute atomic E-state index is 11.7. The largest absolute Gasteiger partial charge is 0.469 e. The smallest absolute Gasteiger partial charge is 0.308 e. The summed E-state index contributed by atoms with van der Waals surface area (Å²) < 4.78 is 7.32. The van der Waals surface area contributed by atoms with Gasteiger partial charge >= 0.3 is 5.97 Å². The van der Waals surface area contributed by atoms with Crippen LogP contribution in [-0.2, 0) is 22.5 Å². The Kier molecular flexibility index (Phi) is 5.28. The summed E-state index contributed by atoms with van der Waals surface area (Å²) in [5.74, 6) is 0.276. The summed E-state index contributed by atoms with van der Waals surface area (Å²) in [7, 11) is 1.39. The zero-order valence-corrected chi connectivity index (χ0v) is 15.5. The predicted octanol–water partition coefficient (Wildman–Crippen LogP) is 2.85. The molecular formula is C17H18BrN5O2. The van der Waals surface area contributed by atoms with Crippen LogP contribution in [0.25, 0.3) is 5.65 Å². The van der Waals surface area contributed by atoms with Gasteiger partial charge in [0.25, 0.3) is 0 Å². The van der Waals surface area contributed by atoms with Crippen LogP contribution >= 0.6 is 15.9 Å². The van der Waals surface area contributed by atoms with E-state index in [0.717, 1.165) is 21.5 Å². The van der Waals surface area contributed by atoms with E-state index in [1.54, 1.807) is 16.9 Å². The number of halogens is 1. The number of esters is 1. The van der Waals surface area contributed by atoms with Gasteiger partial charge in [0.2, 0.25) is 0 Å². The van der Waals surface area contributed by atoms with E-state index >= 15 is 0 Å². The van der Waals surface area contributed by atoms with Crippen LogP contribution in [0, 0.1) is 5.92 Å². The van der Waals surface area contributed by atoms with E-state index in [-0.39, 0.29) is 11.9 Å². The Morgan fingerprint density at radius 2 is 2.28 bits per heavy atom. The fraction of sp³-hybridized carbons (Fsp3) is 0.294. The molecule has 7 nitrogen and oxygen atoms in total. The molecule has 0 spiro atoms. The highest BCUT2D eigenvalue weighted by molar-refractivity contribution is 9.10. The van der Waals surface area contributed by atoms with Gasteiger partial charge in [-0.05, 0) is 27.6 Å². The van der Waals surface area contributed by atoms with Gasteiger partial charge in [0.15, 0.2) is 5.65 Å². The monoisotopic (exact) mass is 403 g/mol. The molecule has 3 rings (SSSR count). The fourth-order valence-corrected chi connectivity index (χ4v) is 2.86. The lowest BCUT2D eigenvalue weighted by Gasteiger charge is -2.13. The quantitative estimate of drug-likeness (QED) is 0.637. The number of hydrogen-bond donors (Lipinski definition) is 1. The normalized spacial score (nSPS) is 12.1. The van der Waals surface area contributed by atoms with Crippen LogP contribution in [0.2, 0.25) is 0 Å². The number of anilines is 1. The number of carbonyl (C=O) groups is 1. The molecule has 0 fully saturated rings. The molecule has 1 N–H and O–H groups in total. The van der Waals surface area contributed by atoms with Gasteiger partial charge in [-0.25, -0.2) is 4.98 Å². The fourth-order valence-electron chi connectivity index (χ4n) is 2.51. The highest BCUT2D eigenvalue weighted by Crippen LogP contribution is 2.22. The number of pyridine rings is 1. The highest BCUT2D eigenvalue weighted by Gasteiger charge is 2.17. The number of hydrogen-bond acceptors (Lipinski definition) is 6. The van der Waals surface area contributed by atoms with Crippen molar-refractivity contribution in [3.05, 3.63) is 52.5 Å². The van der Waals surface area contributed by atoms with Gasteiger partial charge in [-0.2, -0.15) is 9.61 Å². The summed E-state index contributed by atoms with van der Waals surface area (Å²) in [6, 6.07) is 5.80. The van der Waals surface area contributed by atoms with Crippen molar-refractivity contribution in [2.24, 2.45) is 5.92 Å². The van der Waals surface area contributed by atoms with Crippen molar-refractivity contribution in [3.63, 3.8) is 0 Å². The van der Waals surface area contributed by atoms with Gasteiger partial charge in [0.05, 0.1) is 23.7 Å². The number of methoxy groups -OCH3 is 1. The molecule has 0 aliphatic rings. The lowest BCUT2D eigenvalue weighted by molar-refractivity contribution is -0.144. The van der Waals surface area contributed by atoms with Crippen molar-refractivity contribution in [3.8, 4) is 0 Å². The number of rotatable bonds is 6. The third-order valence-corrected chi connectivity index (χ3v) is 4.36. The molecule has 0 aliphatic heterocycles. The molecule has 0 unspecified atom stereocenters. The summed E-state index contributed by atoms with van der Waals surface area (Å²) in [5, 5.41) is 7.70. The van der Waals surface area contributed by atoms with E-state index in [4.69, 9.17) is 4.74 Å². The second kappa shape index (κ2) is 7.60. The Bertz CT molecular complexity index is 881. The topological polar surface area (TPSA) is 81.4 Å². The van der Waals surface area contributed by atoms with Crippen LogP contribution in [0.4, 0.5) is 5.82 Å². The van der Waals surface area contributed by atoms with Crippen molar-refractivity contribution < 1.29 is 9.53 Å². The Morgan fingerprint density at radius 1 is 1.44 bits per heavy atom. The van der Waals surface area contributed by atoms with E-state index in [0.29, 0.717) is 18.6 Å². The second-order valence-electron chi connectivity index (χ2n) is 5.70. The molecule has 0 saturated heterocycles. The first-order valence-corrected chi connectivity index (χ1v) is 8.61. The SMILES string of the molecule is COC(=O)[C@@H](C)Cc1cc(NCc2cccnc2)n2ncc(Br)c2n1. The first kappa shape index (κ1) is 17.3. The highest BCUT2D eigenvalue weighted by atomic mass is 79.9. The number of ether oxygens (including phenoxy) is 1. The van der Waals surface area contributed by atoms with E-state index < -0.39 is 0 Å². The minimum atomic E-state index is -0.271. The molecule has 130 valence electrons. The summed E-state index contributed by atoms with van der Waals surface area (Å²) in [6.07, 6.45) is 5.74. The maximum Gasteiger partial charge on any atom is 0.308 e. The van der Waals surface area contributed by atoms with Gasteiger partial charge in [-0.3, -0.25) is 9.78 Å². The zero-order valence-electron chi connectivity index (χ0n) is 13.9. The van der Waals surface area contributed by atoms with E-state index in [9.17, 15) is 4.79 Å². The predicted molar refractivity (Wildman–Crippen MR) is 97.1 cm³/mol. The molecule has 1 atom stereocenters. The maximum atomic E-state index is 11.7. The molecule has 0 aromatic carbocycles. The summed E-state index contributed by atoms with van der Waals surface area (Å²) in [5.41, 5.74) is 2.55. The van der Waals surface area contributed by atoms with Crippen molar-refractivity contribution in [1.29, 1.82) is 0 Å². The Labute approximate surface area is 153 Å². The molecule has 3 aromatic heterocycles. The first-order valence-electron chi connectivity index (χ1n) is 7.82. The zero-order chi connectivity index (χ0) is 17.8. The number of nitrogens with zero attached hydrogens (tertiary/aromatic N) is 4. The molecule has 8 heteroatoms. The number of aromatic nitrogens is 4. The van der Waals surface area contributed by atoms with Gasteiger partial charge in [-0.15, -0.1) is 0 Å². The summed E-state index contributed by atoms with van der Waals surface area (Å²) in [4.78, 5) is 20.4. The average Bonchev–Trinajstić information content (AvgIpc) is 3.01. The molecule has 0 radical (unpaired) electrons. The van der Waals surface area contributed by atoms with E-state index in [2.05, 4.69) is 36.3 Å². The summed E-state index contributed by atoms with van der Waals surface area (Å²) in [6.45, 7) is 2.43. The van der Waals surface area contributed by atoms with Gasteiger partial charge in [0, 0.05) is 37.1 Å². The van der Waals surface area contributed by atoms with Crippen molar-refractivity contribution in [2.75, 3.05) is 12.4 Å². The number of nitrogens with one attached hydrogen (secondary N) is 1. The average molecular weight is 404 g/mol. The van der Waals surface area contributed by atoms with Gasteiger partial charge in [0.1, 0.15) is 5.82 Å². The van der Waals surface area contributed by atoms with Crippen LogP contribution in [-0.4, -0.2) is 32.7 Å². The summed E-state index contributed by atoms with van der Waals surface area (Å²) >= 11 is 3.46. The van der Waals surface area contributed by atoms with Crippen LogP contribution in [0.5, 0.6) is 0 Å². The van der Waals surface area contributed by atoms with Crippen molar-refractivity contribution in [2.45, 2.75) is 19.9 Å². The number of carbonyl (C=O) groups excluding carboxylic acids is 1. The first-order chi connectivity index (χ1) is 12.1. The molecular weight excluding hydrogens is 386 g/mol. The molecule has 0 amide bonds. The molecule has 3 aromatic rings. The minimum absolute atomic E-state index is 0.251. The van der Waals surface area contributed by atoms with Crippen LogP contribution in [0.3, 0.4) is 0 Å². The second-order valence-corrected chi connectivity index (χ2v) is 6.56. The Morgan fingerprint density at radius 3 is 3.00 bits per heavy atom. The van der Waals surface area contributed by atoms with Crippen LogP contribution < -0.4 is 5.32 Å². The molecule has 3 heterocycles. The van der Waals surface area contributed by atoms with Crippen LogP contribution in [0.1, 0.15) is 18.2 Å². The Balaban J connectivity index is 1.89. The minimum Gasteiger partial charge on any atom is -0.469 e. The Hall–Kier alpha value is -2.48. The molecule has 25 heavy (non-hydrogen) atoms. The van der Waals surface area contributed by atoms with Gasteiger partial charge in [-0.1, -0.05) is 13.0 Å².